The van der Waals surface area contributed by atoms with Gasteiger partial charge in [0.1, 0.15) is 0 Å². The average Bonchev–Trinajstić information content (AvgIpc) is 3.11. The molecule has 1 saturated heterocycles. The number of urea groups is 1. The van der Waals surface area contributed by atoms with Crippen LogP contribution in [0.4, 0.5) is 4.79 Å². The van der Waals surface area contributed by atoms with E-state index in [1.165, 1.54) is 0 Å². The summed E-state index contributed by atoms with van der Waals surface area (Å²) in [5.41, 5.74) is 6.71. The van der Waals surface area contributed by atoms with Crippen molar-refractivity contribution < 1.29 is 24.5 Å². The molecule has 1 aliphatic rings. The summed E-state index contributed by atoms with van der Waals surface area (Å²) in [6.07, 6.45) is -1.71. The molecule has 0 unspecified atom stereocenters. The number of aliphatic hydroxyl groups is 2. The lowest BCUT2D eigenvalue weighted by atomic mass is 9.89. The molecule has 0 bridgehead atoms. The first-order chi connectivity index (χ1) is 22.8. The number of rotatable bonds is 12. The molecule has 0 saturated carbocycles. The largest absolute Gasteiger partial charge is 0.392 e. The first kappa shape index (κ1) is 34.3. The lowest BCUT2D eigenvalue weighted by Crippen LogP contribution is -2.46. The fourth-order valence-electron chi connectivity index (χ4n) is 6.08. The van der Waals surface area contributed by atoms with Gasteiger partial charge < -0.3 is 30.3 Å². The van der Waals surface area contributed by atoms with E-state index in [1.807, 2.05) is 99.8 Å². The number of likely N-dealkylation sites (N-methyl/N-ethyl adjacent to an activating group) is 1. The van der Waals surface area contributed by atoms with Gasteiger partial charge in [0.05, 0.1) is 24.9 Å². The third-order valence-electron chi connectivity index (χ3n) is 9.09. The van der Waals surface area contributed by atoms with E-state index in [0.29, 0.717) is 19.6 Å². The first-order valence-corrected chi connectivity index (χ1v) is 16.4. The van der Waals surface area contributed by atoms with E-state index in [2.05, 4.69) is 46.7 Å². The van der Waals surface area contributed by atoms with Crippen molar-refractivity contribution in [2.24, 2.45) is 5.92 Å². The molecule has 1 heterocycles. The van der Waals surface area contributed by atoms with Crippen LogP contribution in [0.15, 0.2) is 103 Å². The molecule has 0 spiro atoms. The molecule has 1 fully saturated rings. The van der Waals surface area contributed by atoms with Crippen LogP contribution >= 0.6 is 0 Å². The second-order valence-electron chi connectivity index (χ2n) is 12.4. The maximum atomic E-state index is 11.9. The van der Waals surface area contributed by atoms with Gasteiger partial charge in [-0.2, -0.15) is 0 Å². The van der Waals surface area contributed by atoms with Gasteiger partial charge in [-0.1, -0.05) is 97.9 Å². The van der Waals surface area contributed by atoms with E-state index in [1.54, 1.807) is 0 Å². The fraction of sp³-hybridized carbons (Fsp3) is 0.359. The van der Waals surface area contributed by atoms with E-state index < -0.39 is 12.4 Å². The fourth-order valence-corrected chi connectivity index (χ4v) is 6.08. The van der Waals surface area contributed by atoms with Crippen molar-refractivity contribution >= 4 is 6.03 Å². The van der Waals surface area contributed by atoms with Gasteiger partial charge in [0.15, 0.2) is 6.29 Å². The molecule has 248 valence electrons. The molecule has 0 aromatic heterocycles. The van der Waals surface area contributed by atoms with Crippen LogP contribution in [0.2, 0.25) is 0 Å². The Kier molecular flexibility index (Phi) is 11.8. The number of nitrogens with one attached hydrogen (secondary N) is 2. The van der Waals surface area contributed by atoms with Gasteiger partial charge in [0.2, 0.25) is 0 Å². The van der Waals surface area contributed by atoms with Crippen LogP contribution in [0.1, 0.15) is 67.1 Å². The van der Waals surface area contributed by atoms with Crippen LogP contribution in [0.5, 0.6) is 0 Å². The number of amides is 2. The maximum Gasteiger partial charge on any atom is 0.315 e. The van der Waals surface area contributed by atoms with Gasteiger partial charge in [-0.25, -0.2) is 4.79 Å². The van der Waals surface area contributed by atoms with Gasteiger partial charge in [-0.15, -0.1) is 0 Å². The highest BCUT2D eigenvalue weighted by Gasteiger charge is 2.39. The van der Waals surface area contributed by atoms with Crippen molar-refractivity contribution in [3.05, 3.63) is 131 Å². The van der Waals surface area contributed by atoms with Crippen molar-refractivity contribution in [3.8, 4) is 11.1 Å². The van der Waals surface area contributed by atoms with Crippen molar-refractivity contribution in [3.63, 3.8) is 0 Å². The van der Waals surface area contributed by atoms with Crippen LogP contribution in [0.25, 0.3) is 11.1 Å². The quantitative estimate of drug-likeness (QED) is 0.141. The number of nitrogens with zero attached hydrogens (tertiary/aromatic N) is 1. The van der Waals surface area contributed by atoms with Crippen molar-refractivity contribution in [2.75, 3.05) is 20.1 Å². The normalized spacial score (nSPS) is 20.8. The van der Waals surface area contributed by atoms with Gasteiger partial charge in [0, 0.05) is 37.2 Å². The summed E-state index contributed by atoms with van der Waals surface area (Å²) in [4.78, 5) is 14.1. The Morgan fingerprint density at radius 3 is 2.26 bits per heavy atom. The zero-order valence-electron chi connectivity index (χ0n) is 27.7. The zero-order valence-corrected chi connectivity index (χ0v) is 27.7. The summed E-state index contributed by atoms with van der Waals surface area (Å²) >= 11 is 0. The van der Waals surface area contributed by atoms with Crippen molar-refractivity contribution in [1.29, 1.82) is 0 Å². The molecule has 4 aromatic carbocycles. The smallest absolute Gasteiger partial charge is 0.315 e. The molecule has 0 aliphatic carbocycles. The molecule has 5 rings (SSSR count). The van der Waals surface area contributed by atoms with E-state index >= 15 is 0 Å². The number of hydrogen-bond acceptors (Lipinski definition) is 6. The Morgan fingerprint density at radius 1 is 0.851 bits per heavy atom. The number of benzene rings is 4. The van der Waals surface area contributed by atoms with E-state index in [4.69, 9.17) is 9.47 Å². The Morgan fingerprint density at radius 2 is 1.55 bits per heavy atom. The minimum Gasteiger partial charge on any atom is -0.392 e. The first-order valence-electron chi connectivity index (χ1n) is 16.4. The molecular weight excluding hydrogens is 590 g/mol. The topological polar surface area (TPSA) is 103 Å². The van der Waals surface area contributed by atoms with Crippen molar-refractivity contribution in [2.45, 2.75) is 64.6 Å². The summed E-state index contributed by atoms with van der Waals surface area (Å²) < 4.78 is 13.5. The minimum atomic E-state index is -0.641. The standard InChI is InChI=1S/C39H47N3O5/c1-5-40-39(45)41-23-29-11-9-14-32(21-29)33-15-10-16-34(22-33)38-46-35(24-42(4)27(3)36(44)30-12-7-6-8-13-30)26(2)37(47-38)31-19-17-28(25-43)18-20-31/h6-22,26-27,35-38,43-44H,5,23-25H2,1-4H3,(H2,40,41,45)/t26-,27+,35+,36+,37+,38+/m1/s1. The van der Waals surface area contributed by atoms with E-state index in [-0.39, 0.29) is 36.8 Å². The Hall–Kier alpha value is -4.05. The second kappa shape index (κ2) is 16.2. The Bertz CT molecular complexity index is 1580. The molecule has 8 nitrogen and oxygen atoms in total. The lowest BCUT2D eigenvalue weighted by molar-refractivity contribution is -0.276. The third-order valence-corrected chi connectivity index (χ3v) is 9.09. The van der Waals surface area contributed by atoms with Crippen molar-refractivity contribution in [1.82, 2.24) is 15.5 Å². The van der Waals surface area contributed by atoms with Gasteiger partial charge in [-0.3, -0.25) is 4.90 Å². The molecule has 0 radical (unpaired) electrons. The highest BCUT2D eigenvalue weighted by atomic mass is 16.7. The monoisotopic (exact) mass is 637 g/mol. The van der Waals surface area contributed by atoms with Crippen LogP contribution in [-0.4, -0.2) is 53.4 Å². The zero-order chi connectivity index (χ0) is 33.3. The Balaban J connectivity index is 1.39. The number of aliphatic hydroxyl groups excluding tert-OH is 2. The molecular formula is C39H47N3O5. The second-order valence-corrected chi connectivity index (χ2v) is 12.4. The maximum absolute atomic E-state index is 11.9. The van der Waals surface area contributed by atoms with Crippen LogP contribution in [-0.2, 0) is 22.6 Å². The predicted octanol–water partition coefficient (Wildman–Crippen LogP) is 6.51. The number of ether oxygens (including phenoxy) is 2. The molecule has 2 amide bonds. The summed E-state index contributed by atoms with van der Waals surface area (Å²) in [5.74, 6) is 0.00650. The minimum absolute atomic E-state index is 0.00650. The van der Waals surface area contributed by atoms with Gasteiger partial charge in [0.25, 0.3) is 0 Å². The summed E-state index contributed by atoms with van der Waals surface area (Å²) in [5, 5.41) is 26.4. The van der Waals surface area contributed by atoms with Crippen LogP contribution in [0.3, 0.4) is 0 Å². The highest BCUT2D eigenvalue weighted by molar-refractivity contribution is 5.74. The molecule has 6 atom stereocenters. The Labute approximate surface area is 278 Å². The van der Waals surface area contributed by atoms with Crippen LogP contribution in [0, 0.1) is 5.92 Å². The van der Waals surface area contributed by atoms with Gasteiger partial charge in [-0.05, 0) is 66.4 Å². The molecule has 1 aliphatic heterocycles. The van der Waals surface area contributed by atoms with E-state index in [9.17, 15) is 15.0 Å². The summed E-state index contributed by atoms with van der Waals surface area (Å²) in [6, 6.07) is 33.7. The molecule has 4 aromatic rings. The molecule has 8 heteroatoms. The lowest BCUT2D eigenvalue weighted by Gasteiger charge is -2.43. The molecule has 47 heavy (non-hydrogen) atoms. The number of hydrogen-bond donors (Lipinski definition) is 4. The number of carbonyl (C=O) groups excluding carboxylic acids is 1. The van der Waals surface area contributed by atoms with E-state index in [0.717, 1.165) is 38.9 Å². The predicted molar refractivity (Wildman–Crippen MR) is 184 cm³/mol. The summed E-state index contributed by atoms with van der Waals surface area (Å²) in [7, 11) is 2.02. The van der Waals surface area contributed by atoms with Crippen LogP contribution < -0.4 is 10.6 Å². The SMILES string of the molecule is CCNC(=O)NCc1cccc(-c2cccc([C@H]3O[C@@H](CN(C)[C@@H](C)[C@H](O)c4ccccc4)[C@@H](C)[C@@H](c4ccc(CO)cc4)O3)c2)c1. The average molecular weight is 638 g/mol. The number of carbonyl (C=O) groups is 1. The summed E-state index contributed by atoms with van der Waals surface area (Å²) in [6.45, 7) is 7.65. The highest BCUT2D eigenvalue weighted by Crippen LogP contribution is 2.42. The third kappa shape index (κ3) is 8.66. The molecule has 4 N–H and O–H groups in total. The van der Waals surface area contributed by atoms with Gasteiger partial charge >= 0.3 is 6.03 Å².